The molecule has 0 aliphatic rings. The van der Waals surface area contributed by atoms with Crippen molar-refractivity contribution >= 4 is 28.8 Å². The first-order chi connectivity index (χ1) is 12.5. The summed E-state index contributed by atoms with van der Waals surface area (Å²) in [6.45, 7) is 1.92. The van der Waals surface area contributed by atoms with E-state index in [2.05, 4.69) is 31.6 Å². The van der Waals surface area contributed by atoms with Gasteiger partial charge >= 0.3 is 0 Å². The zero-order chi connectivity index (χ0) is 18.5. The molecule has 0 saturated carbocycles. The summed E-state index contributed by atoms with van der Waals surface area (Å²) in [4.78, 5) is 11.0. The second kappa shape index (κ2) is 7.53. The zero-order valence-electron chi connectivity index (χ0n) is 15.0. The molecule has 130 valence electrons. The summed E-state index contributed by atoms with van der Waals surface area (Å²) in [5, 5.41) is 15.3. The Labute approximate surface area is 153 Å². The van der Waals surface area contributed by atoms with Crippen molar-refractivity contribution in [2.24, 2.45) is 0 Å². The Morgan fingerprint density at radius 3 is 2.12 bits per heavy atom. The average molecular weight is 344 g/mol. The van der Waals surface area contributed by atoms with E-state index >= 15 is 0 Å². The molecule has 0 atom stereocenters. The number of nitrogens with zero attached hydrogens (tertiary/aromatic N) is 4. The molecule has 0 spiro atoms. The molecule has 0 radical (unpaired) electrons. The maximum absolute atomic E-state index is 8.87. The van der Waals surface area contributed by atoms with E-state index in [-0.39, 0.29) is 0 Å². The minimum atomic E-state index is 0.502. The van der Waals surface area contributed by atoms with Gasteiger partial charge in [0.25, 0.3) is 0 Å². The highest BCUT2D eigenvalue weighted by atomic mass is 15.1. The van der Waals surface area contributed by atoms with Crippen LogP contribution in [0.25, 0.3) is 0 Å². The molecule has 3 aromatic rings. The summed E-state index contributed by atoms with van der Waals surface area (Å²) >= 11 is 0. The highest BCUT2D eigenvalue weighted by molar-refractivity contribution is 5.63. The van der Waals surface area contributed by atoms with Gasteiger partial charge < -0.3 is 15.5 Å². The van der Waals surface area contributed by atoms with E-state index in [1.165, 1.54) is 0 Å². The largest absolute Gasteiger partial charge is 0.378 e. The van der Waals surface area contributed by atoms with Gasteiger partial charge in [-0.1, -0.05) is 0 Å². The molecule has 1 aromatic heterocycles. The fraction of sp³-hybridized carbons (Fsp3) is 0.150. The van der Waals surface area contributed by atoms with Gasteiger partial charge in [0.1, 0.15) is 5.82 Å². The maximum Gasteiger partial charge on any atom is 0.229 e. The number of nitriles is 1. The van der Waals surface area contributed by atoms with Crippen molar-refractivity contribution in [3.05, 3.63) is 65.9 Å². The Hall–Kier alpha value is -3.59. The third-order valence-electron chi connectivity index (χ3n) is 3.78. The third kappa shape index (κ3) is 4.28. The summed E-state index contributed by atoms with van der Waals surface area (Å²) in [6, 6.07) is 19.3. The molecular weight excluding hydrogens is 324 g/mol. The zero-order valence-corrected chi connectivity index (χ0v) is 15.0. The van der Waals surface area contributed by atoms with E-state index in [0.717, 1.165) is 22.8 Å². The molecule has 0 saturated heterocycles. The van der Waals surface area contributed by atoms with Gasteiger partial charge in [-0.2, -0.15) is 10.2 Å². The Balaban J connectivity index is 1.77. The quantitative estimate of drug-likeness (QED) is 0.722. The predicted molar refractivity (Wildman–Crippen MR) is 105 cm³/mol. The molecule has 0 aliphatic heterocycles. The van der Waals surface area contributed by atoms with Crippen LogP contribution in [-0.2, 0) is 0 Å². The van der Waals surface area contributed by atoms with E-state index in [1.807, 2.05) is 63.5 Å². The van der Waals surface area contributed by atoms with Crippen LogP contribution in [0.4, 0.5) is 28.8 Å². The number of nitrogens with one attached hydrogen (secondary N) is 2. The summed E-state index contributed by atoms with van der Waals surface area (Å²) in [5.41, 5.74) is 4.39. The molecular formula is C20H20N6. The Kier molecular flexibility index (Phi) is 4.99. The molecule has 26 heavy (non-hydrogen) atoms. The number of hydrogen-bond acceptors (Lipinski definition) is 6. The van der Waals surface area contributed by atoms with Gasteiger partial charge in [0.15, 0.2) is 0 Å². The molecule has 1 heterocycles. The smallest absolute Gasteiger partial charge is 0.229 e. The first kappa shape index (κ1) is 17.2. The van der Waals surface area contributed by atoms with Crippen LogP contribution >= 0.6 is 0 Å². The lowest BCUT2D eigenvalue weighted by Gasteiger charge is -2.14. The third-order valence-corrected chi connectivity index (χ3v) is 3.78. The van der Waals surface area contributed by atoms with E-state index in [9.17, 15) is 0 Å². The molecule has 0 amide bonds. The minimum absolute atomic E-state index is 0.502. The van der Waals surface area contributed by atoms with Crippen molar-refractivity contribution < 1.29 is 0 Å². The van der Waals surface area contributed by atoms with Gasteiger partial charge in [-0.15, -0.1) is 0 Å². The van der Waals surface area contributed by atoms with E-state index in [1.54, 1.807) is 12.1 Å². The topological polar surface area (TPSA) is 76.9 Å². The SMILES string of the molecule is Cc1cc(Nc2ccc(N(C)C)cc2)nc(Nc2ccc(C#N)cc2)n1. The standard InChI is InChI=1S/C20H20N6/c1-14-12-19(23-16-8-10-18(11-9-16)26(2)3)25-20(22-14)24-17-6-4-15(13-21)5-7-17/h4-12H,1-3H3,(H2,22,23,24,25). The van der Waals surface area contributed by atoms with Crippen molar-refractivity contribution in [3.8, 4) is 6.07 Å². The van der Waals surface area contributed by atoms with E-state index in [0.29, 0.717) is 17.3 Å². The van der Waals surface area contributed by atoms with Crippen LogP contribution in [0.2, 0.25) is 0 Å². The first-order valence-corrected chi connectivity index (χ1v) is 8.21. The summed E-state index contributed by atoms with van der Waals surface area (Å²) < 4.78 is 0. The maximum atomic E-state index is 8.87. The molecule has 0 fully saturated rings. The van der Waals surface area contributed by atoms with Gasteiger partial charge in [-0.25, -0.2) is 4.98 Å². The second-order valence-electron chi connectivity index (χ2n) is 6.10. The van der Waals surface area contributed by atoms with Crippen molar-refractivity contribution in [3.63, 3.8) is 0 Å². The summed E-state index contributed by atoms with van der Waals surface area (Å²) in [5.74, 6) is 1.22. The van der Waals surface area contributed by atoms with E-state index in [4.69, 9.17) is 5.26 Å². The lowest BCUT2D eigenvalue weighted by molar-refractivity contribution is 1.11. The molecule has 6 nitrogen and oxygen atoms in total. The Morgan fingerprint density at radius 1 is 0.885 bits per heavy atom. The fourth-order valence-corrected chi connectivity index (χ4v) is 2.44. The molecule has 3 rings (SSSR count). The molecule has 0 aliphatic carbocycles. The highest BCUT2D eigenvalue weighted by Gasteiger charge is 2.04. The predicted octanol–water partition coefficient (Wildman–Crippen LogP) is 4.21. The van der Waals surface area contributed by atoms with E-state index < -0.39 is 0 Å². The summed E-state index contributed by atoms with van der Waals surface area (Å²) in [6.07, 6.45) is 0. The Morgan fingerprint density at radius 2 is 1.50 bits per heavy atom. The van der Waals surface area contributed by atoms with Crippen molar-refractivity contribution in [1.82, 2.24) is 9.97 Å². The fourth-order valence-electron chi connectivity index (χ4n) is 2.44. The van der Waals surface area contributed by atoms with Crippen LogP contribution in [0.15, 0.2) is 54.6 Å². The lowest BCUT2D eigenvalue weighted by Crippen LogP contribution is -2.08. The molecule has 6 heteroatoms. The van der Waals surface area contributed by atoms with Crippen LogP contribution in [0.3, 0.4) is 0 Å². The van der Waals surface area contributed by atoms with Crippen LogP contribution in [-0.4, -0.2) is 24.1 Å². The number of benzene rings is 2. The average Bonchev–Trinajstić information content (AvgIpc) is 2.62. The minimum Gasteiger partial charge on any atom is -0.378 e. The van der Waals surface area contributed by atoms with Crippen LogP contribution in [0.5, 0.6) is 0 Å². The summed E-state index contributed by atoms with van der Waals surface area (Å²) in [7, 11) is 4.02. The Bertz CT molecular complexity index is 924. The normalized spacial score (nSPS) is 10.1. The number of aryl methyl sites for hydroxylation is 1. The van der Waals surface area contributed by atoms with Gasteiger partial charge in [0, 0.05) is 42.9 Å². The molecule has 2 aromatic carbocycles. The molecule has 0 unspecified atom stereocenters. The van der Waals surface area contributed by atoms with Crippen LogP contribution in [0.1, 0.15) is 11.3 Å². The number of anilines is 5. The van der Waals surface area contributed by atoms with Crippen LogP contribution in [0, 0.1) is 18.3 Å². The van der Waals surface area contributed by atoms with Crippen LogP contribution < -0.4 is 15.5 Å². The molecule has 2 N–H and O–H groups in total. The highest BCUT2D eigenvalue weighted by Crippen LogP contribution is 2.21. The number of aromatic nitrogens is 2. The van der Waals surface area contributed by atoms with Gasteiger partial charge in [-0.05, 0) is 55.5 Å². The monoisotopic (exact) mass is 344 g/mol. The van der Waals surface area contributed by atoms with Gasteiger partial charge in [0.2, 0.25) is 5.95 Å². The molecule has 0 bridgehead atoms. The van der Waals surface area contributed by atoms with Crippen molar-refractivity contribution in [2.75, 3.05) is 29.6 Å². The second-order valence-corrected chi connectivity index (χ2v) is 6.10. The van der Waals surface area contributed by atoms with Crippen molar-refractivity contribution in [1.29, 1.82) is 5.26 Å². The van der Waals surface area contributed by atoms with Crippen molar-refractivity contribution in [2.45, 2.75) is 6.92 Å². The van der Waals surface area contributed by atoms with Gasteiger partial charge in [0.05, 0.1) is 11.6 Å². The first-order valence-electron chi connectivity index (χ1n) is 8.21. The van der Waals surface area contributed by atoms with Gasteiger partial charge in [-0.3, -0.25) is 0 Å². The number of rotatable bonds is 5. The lowest BCUT2D eigenvalue weighted by atomic mass is 10.2. The number of hydrogen-bond donors (Lipinski definition) is 2.